The van der Waals surface area contributed by atoms with Crippen molar-refractivity contribution in [2.24, 2.45) is 5.41 Å². The molecule has 0 unspecified atom stereocenters. The number of sulfonamides is 1. The van der Waals surface area contributed by atoms with Crippen LogP contribution in [0.15, 0.2) is 35.2 Å². The predicted octanol–water partition coefficient (Wildman–Crippen LogP) is 2.28. The second kappa shape index (κ2) is 6.89. The molecule has 0 saturated carbocycles. The fraction of sp³-hybridized carbons (Fsp3) is 0.647. The first-order chi connectivity index (χ1) is 11.1. The van der Waals surface area contributed by atoms with Gasteiger partial charge in [0.1, 0.15) is 0 Å². The maximum Gasteiger partial charge on any atom is 0.243 e. The lowest BCUT2D eigenvalue weighted by Gasteiger charge is -2.49. The van der Waals surface area contributed by atoms with Gasteiger partial charge in [0.05, 0.1) is 17.6 Å². The van der Waals surface area contributed by atoms with Crippen molar-refractivity contribution in [1.82, 2.24) is 4.31 Å². The maximum atomic E-state index is 12.9. The summed E-state index contributed by atoms with van der Waals surface area (Å²) in [5, 5.41) is 0. The number of hydrogen-bond acceptors (Lipinski definition) is 4. The number of ether oxygens (including phenoxy) is 2. The Kier molecular flexibility index (Phi) is 5.06. The van der Waals surface area contributed by atoms with Crippen molar-refractivity contribution in [2.45, 2.75) is 37.2 Å². The molecular formula is C17H25NO4S. The number of benzene rings is 1. The fourth-order valence-electron chi connectivity index (χ4n) is 3.71. The van der Waals surface area contributed by atoms with Gasteiger partial charge in [-0.15, -0.1) is 0 Å². The summed E-state index contributed by atoms with van der Waals surface area (Å²) in [5.41, 5.74) is -0.214. The van der Waals surface area contributed by atoms with E-state index in [-0.39, 0.29) is 11.5 Å². The third kappa shape index (κ3) is 3.31. The Morgan fingerprint density at radius 2 is 2.13 bits per heavy atom. The minimum Gasteiger partial charge on any atom is -0.381 e. The Morgan fingerprint density at radius 1 is 1.35 bits per heavy atom. The van der Waals surface area contributed by atoms with Crippen LogP contribution in [0.5, 0.6) is 0 Å². The van der Waals surface area contributed by atoms with Crippen LogP contribution in [0.4, 0.5) is 0 Å². The zero-order valence-electron chi connectivity index (χ0n) is 13.6. The molecule has 0 spiro atoms. The maximum absolute atomic E-state index is 12.9. The molecule has 0 aromatic heterocycles. The van der Waals surface area contributed by atoms with Crippen LogP contribution in [0.25, 0.3) is 0 Å². The van der Waals surface area contributed by atoms with E-state index in [2.05, 4.69) is 0 Å². The van der Waals surface area contributed by atoms with Crippen LogP contribution in [0, 0.1) is 5.41 Å². The van der Waals surface area contributed by atoms with Gasteiger partial charge >= 0.3 is 0 Å². The number of piperidine rings is 1. The molecule has 2 atom stereocenters. The van der Waals surface area contributed by atoms with E-state index in [4.69, 9.17) is 9.47 Å². The predicted molar refractivity (Wildman–Crippen MR) is 87.7 cm³/mol. The Balaban J connectivity index is 1.85. The SMILES string of the molecule is CCOC[C@@]12CCCO[C@@H]1CCN(S(=O)(=O)c1ccccc1)C2. The van der Waals surface area contributed by atoms with Gasteiger partial charge in [0.2, 0.25) is 10.0 Å². The molecule has 2 saturated heterocycles. The fourth-order valence-corrected chi connectivity index (χ4v) is 5.28. The third-order valence-electron chi connectivity index (χ3n) is 4.93. The van der Waals surface area contributed by atoms with Gasteiger partial charge in [-0.05, 0) is 38.3 Å². The Bertz CT molecular complexity index is 619. The number of rotatable bonds is 5. The molecule has 1 aromatic carbocycles. The van der Waals surface area contributed by atoms with Crippen LogP contribution >= 0.6 is 0 Å². The second-order valence-electron chi connectivity index (χ2n) is 6.40. The highest BCUT2D eigenvalue weighted by atomic mass is 32.2. The molecule has 3 rings (SSSR count). The van der Waals surface area contributed by atoms with Crippen molar-refractivity contribution in [3.63, 3.8) is 0 Å². The highest BCUT2D eigenvalue weighted by molar-refractivity contribution is 7.89. The summed E-state index contributed by atoms with van der Waals surface area (Å²) in [6.45, 7) is 4.93. The van der Waals surface area contributed by atoms with Gasteiger partial charge in [0.25, 0.3) is 0 Å². The summed E-state index contributed by atoms with van der Waals surface area (Å²) >= 11 is 0. The topological polar surface area (TPSA) is 55.8 Å². The number of hydrogen-bond donors (Lipinski definition) is 0. The Labute approximate surface area is 138 Å². The number of fused-ring (bicyclic) bond motifs is 1. The average Bonchev–Trinajstić information content (AvgIpc) is 2.60. The van der Waals surface area contributed by atoms with Crippen LogP contribution in [0.2, 0.25) is 0 Å². The van der Waals surface area contributed by atoms with E-state index in [1.54, 1.807) is 28.6 Å². The van der Waals surface area contributed by atoms with Crippen LogP contribution in [-0.4, -0.2) is 51.7 Å². The molecule has 2 heterocycles. The summed E-state index contributed by atoms with van der Waals surface area (Å²) in [4.78, 5) is 0.363. The molecule has 0 bridgehead atoms. The van der Waals surface area contributed by atoms with Crippen LogP contribution in [0.1, 0.15) is 26.2 Å². The summed E-state index contributed by atoms with van der Waals surface area (Å²) in [5.74, 6) is 0. The van der Waals surface area contributed by atoms with Crippen molar-refractivity contribution in [2.75, 3.05) is 32.9 Å². The van der Waals surface area contributed by atoms with Crippen LogP contribution in [0.3, 0.4) is 0 Å². The van der Waals surface area contributed by atoms with E-state index in [1.807, 2.05) is 13.0 Å². The van der Waals surface area contributed by atoms with E-state index in [9.17, 15) is 8.42 Å². The van der Waals surface area contributed by atoms with Crippen LogP contribution in [-0.2, 0) is 19.5 Å². The van der Waals surface area contributed by atoms with Crippen molar-refractivity contribution >= 4 is 10.0 Å². The van der Waals surface area contributed by atoms with Gasteiger partial charge in [-0.1, -0.05) is 18.2 Å². The van der Waals surface area contributed by atoms with Gasteiger partial charge in [-0.25, -0.2) is 8.42 Å². The third-order valence-corrected chi connectivity index (χ3v) is 6.79. The minimum absolute atomic E-state index is 0.102. The van der Waals surface area contributed by atoms with Gasteiger partial charge in [-0.2, -0.15) is 4.31 Å². The van der Waals surface area contributed by atoms with E-state index >= 15 is 0 Å². The standard InChI is InChI=1S/C17H25NO4S/c1-2-21-14-17-10-6-12-22-16(17)9-11-18(13-17)23(19,20)15-7-4-3-5-8-15/h3-5,7-8,16H,2,6,9-14H2,1H3/t16-,17+/m1/s1. The molecule has 0 radical (unpaired) electrons. The molecule has 0 amide bonds. The summed E-state index contributed by atoms with van der Waals surface area (Å²) in [6.07, 6.45) is 2.76. The van der Waals surface area contributed by atoms with E-state index in [0.717, 1.165) is 25.9 Å². The zero-order chi connectivity index (χ0) is 16.3. The molecule has 5 nitrogen and oxygen atoms in total. The first-order valence-electron chi connectivity index (χ1n) is 8.33. The van der Waals surface area contributed by atoms with Crippen LogP contribution < -0.4 is 0 Å². The molecule has 1 aromatic rings. The second-order valence-corrected chi connectivity index (χ2v) is 8.34. The molecule has 2 aliphatic heterocycles. The first kappa shape index (κ1) is 16.9. The highest BCUT2D eigenvalue weighted by Gasteiger charge is 2.48. The van der Waals surface area contributed by atoms with Gasteiger partial charge in [0, 0.05) is 31.7 Å². The van der Waals surface area contributed by atoms with E-state index in [0.29, 0.717) is 31.2 Å². The molecule has 128 valence electrons. The highest BCUT2D eigenvalue weighted by Crippen LogP contribution is 2.41. The Hall–Kier alpha value is -0.950. The van der Waals surface area contributed by atoms with Gasteiger partial charge in [-0.3, -0.25) is 0 Å². The van der Waals surface area contributed by atoms with Crippen molar-refractivity contribution in [3.8, 4) is 0 Å². The monoisotopic (exact) mass is 339 g/mol. The molecule has 0 aliphatic carbocycles. The molecule has 2 aliphatic rings. The summed E-state index contributed by atoms with van der Waals surface area (Å²) in [6, 6.07) is 8.68. The lowest BCUT2D eigenvalue weighted by atomic mass is 9.73. The van der Waals surface area contributed by atoms with Crippen molar-refractivity contribution < 1.29 is 17.9 Å². The lowest BCUT2D eigenvalue weighted by Crippen LogP contribution is -2.58. The van der Waals surface area contributed by atoms with Gasteiger partial charge in [0.15, 0.2) is 0 Å². The molecule has 6 heteroatoms. The largest absolute Gasteiger partial charge is 0.381 e. The zero-order valence-corrected chi connectivity index (χ0v) is 14.4. The average molecular weight is 339 g/mol. The van der Waals surface area contributed by atoms with Crippen molar-refractivity contribution in [3.05, 3.63) is 30.3 Å². The number of nitrogens with zero attached hydrogens (tertiary/aromatic N) is 1. The quantitative estimate of drug-likeness (QED) is 0.826. The van der Waals surface area contributed by atoms with E-state index < -0.39 is 10.0 Å². The summed E-state index contributed by atoms with van der Waals surface area (Å²) < 4.78 is 39.1. The van der Waals surface area contributed by atoms with Crippen molar-refractivity contribution in [1.29, 1.82) is 0 Å². The molecule has 23 heavy (non-hydrogen) atoms. The van der Waals surface area contributed by atoms with Gasteiger partial charge < -0.3 is 9.47 Å². The molecular weight excluding hydrogens is 314 g/mol. The smallest absolute Gasteiger partial charge is 0.243 e. The normalized spacial score (nSPS) is 29.2. The first-order valence-corrected chi connectivity index (χ1v) is 9.77. The molecule has 0 N–H and O–H groups in total. The minimum atomic E-state index is -3.45. The Morgan fingerprint density at radius 3 is 2.87 bits per heavy atom. The summed E-state index contributed by atoms with van der Waals surface area (Å²) in [7, 11) is -3.45. The van der Waals surface area contributed by atoms with E-state index in [1.165, 1.54) is 0 Å². The molecule has 2 fully saturated rings. The lowest BCUT2D eigenvalue weighted by molar-refractivity contribution is -0.141.